The molecule has 1 amide bonds. The molecule has 0 radical (unpaired) electrons. The molecule has 0 spiro atoms. The Morgan fingerprint density at radius 3 is 3.00 bits per heavy atom. The molecular formula is C5H6N2OS. The van der Waals surface area contributed by atoms with Crippen molar-refractivity contribution in [1.82, 2.24) is 9.71 Å². The van der Waals surface area contributed by atoms with Gasteiger partial charge in [-0.1, -0.05) is 12.8 Å². The summed E-state index contributed by atoms with van der Waals surface area (Å²) in [6, 6.07) is 1.67. The number of carbonyl (C=O) groups is 1. The number of aromatic nitrogens is 1. The number of nitrogens with one attached hydrogen (secondary N) is 2. The van der Waals surface area contributed by atoms with Gasteiger partial charge in [0, 0.05) is 12.4 Å². The maximum absolute atomic E-state index is 10.7. The van der Waals surface area contributed by atoms with Crippen LogP contribution in [-0.4, -0.2) is 10.9 Å². The molecule has 2 N–H and O–H groups in total. The van der Waals surface area contributed by atoms with Gasteiger partial charge in [0.2, 0.25) is 0 Å². The first-order chi connectivity index (χ1) is 4.34. The molecule has 0 bridgehead atoms. The molecule has 48 valence electrons. The van der Waals surface area contributed by atoms with Gasteiger partial charge in [0.1, 0.15) is 0 Å². The second kappa shape index (κ2) is 2.59. The lowest BCUT2D eigenvalue weighted by Gasteiger charge is -1.89. The highest BCUT2D eigenvalue weighted by atomic mass is 32.1. The van der Waals surface area contributed by atoms with Crippen LogP contribution in [-0.2, 0) is 0 Å². The van der Waals surface area contributed by atoms with E-state index in [-0.39, 0.29) is 5.91 Å². The van der Waals surface area contributed by atoms with Crippen molar-refractivity contribution in [2.75, 3.05) is 0 Å². The highest BCUT2D eigenvalue weighted by Gasteiger charge is 2.00. The van der Waals surface area contributed by atoms with E-state index in [4.69, 9.17) is 0 Å². The monoisotopic (exact) mass is 142 g/mol. The summed E-state index contributed by atoms with van der Waals surface area (Å²) in [6.07, 6.45) is 3.28. The van der Waals surface area contributed by atoms with Crippen molar-refractivity contribution in [2.45, 2.75) is 0 Å². The molecule has 0 saturated carbocycles. The molecule has 0 unspecified atom stereocenters. The molecule has 4 heteroatoms. The van der Waals surface area contributed by atoms with Gasteiger partial charge >= 0.3 is 0 Å². The smallest absolute Gasteiger partial charge is 0.262 e. The summed E-state index contributed by atoms with van der Waals surface area (Å²) >= 11 is 3.59. The Bertz CT molecular complexity index is 195. The third-order valence-electron chi connectivity index (χ3n) is 0.962. The van der Waals surface area contributed by atoms with Crippen molar-refractivity contribution < 1.29 is 4.79 Å². The van der Waals surface area contributed by atoms with Crippen molar-refractivity contribution in [3.8, 4) is 0 Å². The predicted molar refractivity (Wildman–Crippen MR) is 37.2 cm³/mol. The summed E-state index contributed by atoms with van der Waals surface area (Å²) in [5, 5.41) is 0. The van der Waals surface area contributed by atoms with Crippen molar-refractivity contribution in [1.29, 1.82) is 0 Å². The van der Waals surface area contributed by atoms with E-state index in [2.05, 4.69) is 22.5 Å². The maximum Gasteiger partial charge on any atom is 0.262 e. The Morgan fingerprint density at radius 1 is 1.78 bits per heavy atom. The highest BCUT2D eigenvalue weighted by molar-refractivity contribution is 7.78. The summed E-state index contributed by atoms with van der Waals surface area (Å²) in [6.45, 7) is 0. The molecule has 1 aromatic rings. The topological polar surface area (TPSA) is 44.9 Å². The summed E-state index contributed by atoms with van der Waals surface area (Å²) in [4.78, 5) is 13.4. The molecule has 0 saturated heterocycles. The molecule has 9 heavy (non-hydrogen) atoms. The van der Waals surface area contributed by atoms with Crippen LogP contribution in [0.4, 0.5) is 0 Å². The zero-order chi connectivity index (χ0) is 6.69. The van der Waals surface area contributed by atoms with E-state index in [0.717, 1.165) is 0 Å². The molecule has 1 rings (SSSR count). The van der Waals surface area contributed by atoms with Gasteiger partial charge in [0.15, 0.2) is 0 Å². The minimum Gasteiger partial charge on any atom is -0.367 e. The van der Waals surface area contributed by atoms with Crippen molar-refractivity contribution in [3.05, 3.63) is 24.0 Å². The molecule has 0 atom stereocenters. The van der Waals surface area contributed by atoms with Crippen LogP contribution in [0, 0.1) is 0 Å². The summed E-state index contributed by atoms with van der Waals surface area (Å²) in [7, 11) is 0. The number of rotatable bonds is 1. The first kappa shape index (κ1) is 6.22. The summed E-state index contributed by atoms with van der Waals surface area (Å²) in [5.74, 6) is -0.195. The van der Waals surface area contributed by atoms with Gasteiger partial charge in [-0.25, -0.2) is 0 Å². The number of H-pyrrole nitrogens is 1. The van der Waals surface area contributed by atoms with Crippen LogP contribution >= 0.6 is 12.8 Å². The second-order valence-electron chi connectivity index (χ2n) is 1.54. The molecule has 1 aromatic heterocycles. The Morgan fingerprint density at radius 2 is 2.56 bits per heavy atom. The van der Waals surface area contributed by atoms with E-state index in [0.29, 0.717) is 5.56 Å². The van der Waals surface area contributed by atoms with Gasteiger partial charge in [-0.3, -0.25) is 9.52 Å². The molecule has 3 nitrogen and oxygen atoms in total. The van der Waals surface area contributed by atoms with E-state index in [1.54, 1.807) is 18.5 Å². The normalized spacial score (nSPS) is 9.00. The number of thiol groups is 1. The van der Waals surface area contributed by atoms with Gasteiger partial charge in [-0.15, -0.1) is 0 Å². The Kier molecular flexibility index (Phi) is 1.79. The quantitative estimate of drug-likeness (QED) is 0.494. The van der Waals surface area contributed by atoms with Gasteiger partial charge in [0.05, 0.1) is 5.56 Å². The zero-order valence-electron chi connectivity index (χ0n) is 4.59. The van der Waals surface area contributed by atoms with Crippen LogP contribution in [0.2, 0.25) is 0 Å². The van der Waals surface area contributed by atoms with Crippen LogP contribution in [0.1, 0.15) is 10.4 Å². The third kappa shape index (κ3) is 1.26. The molecule has 0 aromatic carbocycles. The lowest BCUT2D eigenvalue weighted by atomic mass is 10.3. The third-order valence-corrected chi connectivity index (χ3v) is 1.16. The van der Waals surface area contributed by atoms with Gasteiger partial charge in [0.25, 0.3) is 5.91 Å². The van der Waals surface area contributed by atoms with Crippen LogP contribution in [0.15, 0.2) is 18.5 Å². The Labute approximate surface area is 58.0 Å². The van der Waals surface area contributed by atoms with E-state index in [9.17, 15) is 4.79 Å². The van der Waals surface area contributed by atoms with Gasteiger partial charge in [-0.05, 0) is 6.07 Å². The number of amides is 1. The predicted octanol–water partition coefficient (Wildman–Crippen LogP) is 0.589. The van der Waals surface area contributed by atoms with Crippen molar-refractivity contribution >= 4 is 18.7 Å². The van der Waals surface area contributed by atoms with Crippen LogP contribution < -0.4 is 4.72 Å². The molecule has 0 fully saturated rings. The Hall–Kier alpha value is -0.900. The average Bonchev–Trinajstić information content (AvgIpc) is 2.37. The maximum atomic E-state index is 10.7. The SMILES string of the molecule is O=C(NS)c1cc[nH]c1. The minimum absolute atomic E-state index is 0.195. The van der Waals surface area contributed by atoms with Gasteiger partial charge in [-0.2, -0.15) is 0 Å². The zero-order valence-corrected chi connectivity index (χ0v) is 5.48. The lowest BCUT2D eigenvalue weighted by Crippen LogP contribution is -2.10. The van der Waals surface area contributed by atoms with E-state index in [1.165, 1.54) is 0 Å². The van der Waals surface area contributed by atoms with Crippen molar-refractivity contribution in [3.63, 3.8) is 0 Å². The second-order valence-corrected chi connectivity index (χ2v) is 1.76. The first-order valence-electron chi connectivity index (χ1n) is 2.42. The Balaban J connectivity index is 2.77. The van der Waals surface area contributed by atoms with E-state index in [1.807, 2.05) is 0 Å². The largest absolute Gasteiger partial charge is 0.367 e. The van der Waals surface area contributed by atoms with Crippen molar-refractivity contribution in [2.24, 2.45) is 0 Å². The molecular weight excluding hydrogens is 136 g/mol. The fourth-order valence-electron chi connectivity index (χ4n) is 0.530. The summed E-state index contributed by atoms with van der Waals surface area (Å²) in [5.41, 5.74) is 0.588. The van der Waals surface area contributed by atoms with Crippen LogP contribution in [0.3, 0.4) is 0 Å². The van der Waals surface area contributed by atoms with E-state index < -0.39 is 0 Å². The first-order valence-corrected chi connectivity index (χ1v) is 2.86. The highest BCUT2D eigenvalue weighted by Crippen LogP contribution is 1.94. The number of aromatic amines is 1. The number of hydrogen-bond acceptors (Lipinski definition) is 2. The van der Waals surface area contributed by atoms with Crippen LogP contribution in [0.5, 0.6) is 0 Å². The lowest BCUT2D eigenvalue weighted by molar-refractivity contribution is 0.0985. The molecule has 0 aliphatic carbocycles. The van der Waals surface area contributed by atoms with Gasteiger partial charge < -0.3 is 4.98 Å². The fourth-order valence-corrected chi connectivity index (χ4v) is 0.659. The molecule has 1 heterocycles. The van der Waals surface area contributed by atoms with E-state index >= 15 is 0 Å². The standard InChI is InChI=1S/C5H6N2OS/c8-5(7-9)4-1-2-6-3-4/h1-3,6,9H,(H,7,8). The number of carbonyl (C=O) groups excluding carboxylic acids is 1. The minimum atomic E-state index is -0.195. The molecule has 0 aliphatic heterocycles. The number of hydrogen-bond donors (Lipinski definition) is 3. The average molecular weight is 142 g/mol. The summed E-state index contributed by atoms with van der Waals surface area (Å²) < 4.78 is 2.20. The van der Waals surface area contributed by atoms with Crippen LogP contribution in [0.25, 0.3) is 0 Å². The molecule has 0 aliphatic rings. The fraction of sp³-hybridized carbons (Fsp3) is 0.